The zero-order chi connectivity index (χ0) is 12.6. The Balaban J connectivity index is 2.22. The summed E-state index contributed by atoms with van der Waals surface area (Å²) in [4.78, 5) is 34.9. The highest BCUT2D eigenvalue weighted by atomic mass is 16.5. The molecule has 94 valence electrons. The fraction of sp³-hybridized carbons (Fsp3) is 0.700. The molecule has 1 aliphatic heterocycles. The van der Waals surface area contributed by atoms with E-state index >= 15 is 0 Å². The van der Waals surface area contributed by atoms with Crippen LogP contribution in [0.4, 0.5) is 0 Å². The first-order valence-corrected chi connectivity index (χ1v) is 5.74. The lowest BCUT2D eigenvalue weighted by atomic mass is 10.3. The molecule has 0 fully saturated rings. The van der Waals surface area contributed by atoms with Gasteiger partial charge >= 0.3 is 17.3 Å². The molecule has 0 atom stereocenters. The number of hydrogen-bond acceptors (Lipinski definition) is 4. The van der Waals surface area contributed by atoms with Crippen LogP contribution in [0.15, 0.2) is 9.59 Å². The summed E-state index contributed by atoms with van der Waals surface area (Å²) in [5.41, 5.74) is -0.858. The van der Waals surface area contributed by atoms with E-state index in [1.807, 2.05) is 6.92 Å². The summed E-state index contributed by atoms with van der Waals surface area (Å²) in [5, 5.41) is 0. The van der Waals surface area contributed by atoms with Crippen LogP contribution >= 0.6 is 0 Å². The highest BCUT2D eigenvalue weighted by Gasteiger charge is 2.45. The maximum atomic E-state index is 11.8. The molecule has 0 aliphatic carbocycles. The molecule has 0 radical (unpaired) electrons. The Kier molecular flexibility index (Phi) is 2.91. The molecule has 7 nitrogen and oxygen atoms in total. The number of nitrogens with zero attached hydrogens (tertiary/aromatic N) is 3. The molecule has 0 saturated carbocycles. The Morgan fingerprint density at radius 1 is 1.24 bits per heavy atom. The Labute approximate surface area is 97.2 Å². The van der Waals surface area contributed by atoms with Crippen LogP contribution in [0.1, 0.15) is 32.9 Å². The third-order valence-electron chi connectivity index (χ3n) is 2.73. The van der Waals surface area contributed by atoms with Gasteiger partial charge in [0.15, 0.2) is 0 Å². The lowest BCUT2D eigenvalue weighted by Gasteiger charge is -2.00. The quantitative estimate of drug-likeness (QED) is 0.653. The number of esters is 1. The minimum Gasteiger partial charge on any atom is -0.463 e. The highest BCUT2D eigenvalue weighted by Crippen LogP contribution is 2.19. The number of rotatable bonds is 5. The number of carbonyl (C=O) groups is 1. The van der Waals surface area contributed by atoms with Crippen molar-refractivity contribution in [2.45, 2.75) is 39.4 Å². The molecule has 0 saturated heterocycles. The second-order valence-electron chi connectivity index (χ2n) is 3.89. The van der Waals surface area contributed by atoms with E-state index in [2.05, 4.69) is 0 Å². The van der Waals surface area contributed by atoms with E-state index in [4.69, 9.17) is 4.74 Å². The summed E-state index contributed by atoms with van der Waals surface area (Å²) in [6.45, 7) is 4.29. The molecule has 1 aromatic heterocycles. The van der Waals surface area contributed by atoms with Gasteiger partial charge in [0.2, 0.25) is 6.17 Å². The first kappa shape index (κ1) is 11.7. The van der Waals surface area contributed by atoms with Crippen LogP contribution in [0.5, 0.6) is 0 Å². The van der Waals surface area contributed by atoms with E-state index in [1.54, 1.807) is 6.92 Å². The molecule has 1 aromatic rings. The van der Waals surface area contributed by atoms with Crippen LogP contribution < -0.4 is 11.4 Å². The molecule has 17 heavy (non-hydrogen) atoms. The molecule has 7 heteroatoms. The maximum absolute atomic E-state index is 11.8. The van der Waals surface area contributed by atoms with Gasteiger partial charge in [-0.15, -0.1) is 0 Å². The van der Waals surface area contributed by atoms with E-state index < -0.39 is 23.5 Å². The number of carbonyl (C=O) groups excluding carboxylic acids is 1. The maximum Gasteiger partial charge on any atom is 0.353 e. The predicted octanol–water partition coefficient (Wildman–Crippen LogP) is -0.465. The Morgan fingerprint density at radius 2 is 1.82 bits per heavy atom. The molecule has 0 amide bonds. The number of fused-ring (bicyclic) bond motifs is 1. The van der Waals surface area contributed by atoms with E-state index in [1.165, 1.54) is 0 Å². The monoisotopic (exact) mass is 241 g/mol. The van der Waals surface area contributed by atoms with Crippen molar-refractivity contribution in [3.05, 3.63) is 21.0 Å². The highest BCUT2D eigenvalue weighted by molar-refractivity contribution is 5.76. The van der Waals surface area contributed by atoms with Crippen LogP contribution in [0, 0.1) is 0 Å². The molecule has 0 unspecified atom stereocenters. The molecular weight excluding hydrogens is 226 g/mol. The second-order valence-corrected chi connectivity index (χ2v) is 3.89. The largest absolute Gasteiger partial charge is 0.463 e. The van der Waals surface area contributed by atoms with Crippen molar-refractivity contribution < 1.29 is 9.53 Å². The zero-order valence-electron chi connectivity index (χ0n) is 9.88. The third kappa shape index (κ3) is 1.71. The van der Waals surface area contributed by atoms with Gasteiger partial charge in [-0.25, -0.2) is 19.0 Å². The van der Waals surface area contributed by atoms with Crippen LogP contribution in [-0.4, -0.2) is 26.5 Å². The fourth-order valence-electron chi connectivity index (χ4n) is 1.82. The summed E-state index contributed by atoms with van der Waals surface area (Å²) in [7, 11) is 0. The molecule has 0 bridgehead atoms. The molecule has 0 aromatic carbocycles. The van der Waals surface area contributed by atoms with Gasteiger partial charge in [0.25, 0.3) is 0 Å². The molecule has 0 N–H and O–H groups in total. The minimum atomic E-state index is -0.840. The summed E-state index contributed by atoms with van der Waals surface area (Å²) >= 11 is 0. The SMILES string of the molecule is CCCCn1c(=O)n2n(c1=O)C2C(=O)OCC. The molecule has 1 aliphatic rings. The van der Waals surface area contributed by atoms with E-state index in [0.29, 0.717) is 6.54 Å². The number of ether oxygens (including phenoxy) is 1. The summed E-state index contributed by atoms with van der Waals surface area (Å²) in [6.07, 6.45) is 0.828. The van der Waals surface area contributed by atoms with Crippen LogP contribution in [-0.2, 0) is 16.1 Å². The van der Waals surface area contributed by atoms with Crippen molar-refractivity contribution in [3.8, 4) is 0 Å². The van der Waals surface area contributed by atoms with Crippen molar-refractivity contribution >= 4 is 5.97 Å². The van der Waals surface area contributed by atoms with Crippen molar-refractivity contribution in [2.24, 2.45) is 0 Å². The molecule has 2 rings (SSSR count). The molecule has 2 heterocycles. The molecule has 0 spiro atoms. The smallest absolute Gasteiger partial charge is 0.353 e. The van der Waals surface area contributed by atoms with Gasteiger partial charge in [-0.3, -0.25) is 0 Å². The Bertz CT molecular complexity index is 515. The number of unbranched alkanes of at least 4 members (excludes halogenated alkanes) is 1. The topological polar surface area (TPSA) is 75.2 Å². The van der Waals surface area contributed by atoms with E-state index in [9.17, 15) is 14.4 Å². The van der Waals surface area contributed by atoms with Gasteiger partial charge in [0.05, 0.1) is 6.61 Å². The average molecular weight is 241 g/mol. The second kappa shape index (κ2) is 4.23. The first-order chi connectivity index (χ1) is 8.13. The predicted molar refractivity (Wildman–Crippen MR) is 58.9 cm³/mol. The summed E-state index contributed by atoms with van der Waals surface area (Å²) < 4.78 is 8.19. The van der Waals surface area contributed by atoms with Crippen molar-refractivity contribution in [3.63, 3.8) is 0 Å². The fourth-order valence-corrected chi connectivity index (χ4v) is 1.82. The summed E-state index contributed by atoms with van der Waals surface area (Å²) in [5.74, 6) is -0.552. The third-order valence-corrected chi connectivity index (χ3v) is 2.73. The Hall–Kier alpha value is -1.79. The zero-order valence-corrected chi connectivity index (χ0v) is 9.88. The number of aromatic nitrogens is 3. The van der Waals surface area contributed by atoms with Crippen molar-refractivity contribution in [1.82, 2.24) is 13.9 Å². The normalized spacial score (nSPS) is 13.5. The molecular formula is C10H15N3O4. The van der Waals surface area contributed by atoms with E-state index in [-0.39, 0.29) is 6.61 Å². The van der Waals surface area contributed by atoms with Gasteiger partial charge in [0, 0.05) is 6.54 Å². The minimum absolute atomic E-state index is 0.235. The van der Waals surface area contributed by atoms with Gasteiger partial charge in [-0.2, -0.15) is 9.36 Å². The lowest BCUT2D eigenvalue weighted by molar-refractivity contribution is -0.144. The standard InChI is InChI=1S/C10H15N3O4/c1-3-5-6-11-9(15)12-7(8(14)17-4-2)13(12)10(11)16/h7H,3-6H2,1-2H3. The van der Waals surface area contributed by atoms with Crippen LogP contribution in [0.2, 0.25) is 0 Å². The van der Waals surface area contributed by atoms with Gasteiger partial charge in [0.1, 0.15) is 0 Å². The lowest BCUT2D eigenvalue weighted by Crippen LogP contribution is -2.34. The number of hydrogen-bond donors (Lipinski definition) is 0. The van der Waals surface area contributed by atoms with Crippen molar-refractivity contribution in [2.75, 3.05) is 6.61 Å². The summed E-state index contributed by atoms with van der Waals surface area (Å²) in [6, 6.07) is 0. The average Bonchev–Trinajstić information content (AvgIpc) is 2.98. The van der Waals surface area contributed by atoms with Gasteiger partial charge in [-0.05, 0) is 13.3 Å². The van der Waals surface area contributed by atoms with Crippen LogP contribution in [0.3, 0.4) is 0 Å². The van der Waals surface area contributed by atoms with Gasteiger partial charge in [-0.1, -0.05) is 13.3 Å². The van der Waals surface area contributed by atoms with Crippen molar-refractivity contribution in [1.29, 1.82) is 0 Å². The van der Waals surface area contributed by atoms with E-state index in [0.717, 1.165) is 26.8 Å². The Morgan fingerprint density at radius 3 is 2.29 bits per heavy atom. The first-order valence-electron chi connectivity index (χ1n) is 5.74. The van der Waals surface area contributed by atoms with Crippen LogP contribution in [0.25, 0.3) is 0 Å². The van der Waals surface area contributed by atoms with Gasteiger partial charge < -0.3 is 4.74 Å².